The molecule has 1 amide bonds. The predicted molar refractivity (Wildman–Crippen MR) is 113 cm³/mol. The molecule has 0 aromatic heterocycles. The quantitative estimate of drug-likeness (QED) is 0.371. The largest absolute Gasteiger partial charge is 0.507 e. The van der Waals surface area contributed by atoms with E-state index in [9.17, 15) is 9.90 Å². The number of benzene rings is 3. The lowest BCUT2D eigenvalue weighted by Gasteiger charge is -2.10. The summed E-state index contributed by atoms with van der Waals surface area (Å²) in [5.41, 5.74) is 10.4. The molecule has 1 heterocycles. The summed E-state index contributed by atoms with van der Waals surface area (Å²) in [6, 6.07) is 19.2. The highest BCUT2D eigenvalue weighted by molar-refractivity contribution is 9.10. The van der Waals surface area contributed by atoms with Crippen molar-refractivity contribution in [2.75, 3.05) is 0 Å². The van der Waals surface area contributed by atoms with Gasteiger partial charge in [-0.05, 0) is 47.0 Å². The number of hydrazine groups is 1. The van der Waals surface area contributed by atoms with E-state index in [1.165, 1.54) is 17.0 Å². The van der Waals surface area contributed by atoms with Crippen LogP contribution in [-0.2, 0) is 4.79 Å². The third-order valence-corrected chi connectivity index (χ3v) is 5.26. The first-order chi connectivity index (χ1) is 13.6. The molecule has 142 valence electrons. The van der Waals surface area contributed by atoms with E-state index in [4.69, 9.17) is 0 Å². The maximum absolute atomic E-state index is 12.4. The number of phenols is 1. The summed E-state index contributed by atoms with van der Waals surface area (Å²) in [7, 11) is 0. The predicted octanol–water partition coefficient (Wildman–Crippen LogP) is 3.37. The van der Waals surface area contributed by atoms with E-state index in [2.05, 4.69) is 67.6 Å². The molecule has 3 aromatic rings. The number of fused-ring (bicyclic) bond motifs is 1. The van der Waals surface area contributed by atoms with Crippen molar-refractivity contribution in [2.24, 2.45) is 5.10 Å². The van der Waals surface area contributed by atoms with Crippen LogP contribution in [0.5, 0.6) is 5.75 Å². The molecule has 2 unspecified atom stereocenters. The topological polar surface area (TPSA) is 85.8 Å². The minimum atomic E-state index is -0.398. The Bertz CT molecular complexity index is 1050. The zero-order valence-electron chi connectivity index (χ0n) is 14.9. The zero-order chi connectivity index (χ0) is 19.5. The van der Waals surface area contributed by atoms with E-state index in [1.54, 1.807) is 18.2 Å². The molecule has 1 aliphatic heterocycles. The minimum absolute atomic E-state index is 0.0402. The van der Waals surface area contributed by atoms with Crippen LogP contribution in [0.2, 0.25) is 0 Å². The standard InChI is InChI=1S/C21H19BrN4O2/c22-17-7-8-20(27)16(10-17)12-23-26-21(28)19-11-18(24-25-19)15-6-5-13-3-1-2-4-14(13)9-15/h1-10,12,18-19,24-25,27H,11H2,(H,26,28)/b23-12+. The average molecular weight is 439 g/mol. The maximum atomic E-state index is 12.4. The summed E-state index contributed by atoms with van der Waals surface area (Å²) in [5.74, 6) is -0.139. The number of phenolic OH excluding ortho intramolecular Hbond substituents is 1. The second-order valence-electron chi connectivity index (χ2n) is 6.67. The lowest BCUT2D eigenvalue weighted by molar-refractivity contribution is -0.122. The minimum Gasteiger partial charge on any atom is -0.507 e. The van der Waals surface area contributed by atoms with Gasteiger partial charge in [0.15, 0.2) is 0 Å². The molecule has 4 rings (SSSR count). The Labute approximate surface area is 170 Å². The molecule has 0 radical (unpaired) electrons. The van der Waals surface area contributed by atoms with Gasteiger partial charge in [-0.15, -0.1) is 0 Å². The fourth-order valence-electron chi connectivity index (χ4n) is 3.24. The molecule has 4 N–H and O–H groups in total. The van der Waals surface area contributed by atoms with E-state index in [0.29, 0.717) is 12.0 Å². The third kappa shape index (κ3) is 4.06. The smallest absolute Gasteiger partial charge is 0.258 e. The van der Waals surface area contributed by atoms with Gasteiger partial charge in [0, 0.05) is 16.1 Å². The van der Waals surface area contributed by atoms with Gasteiger partial charge < -0.3 is 5.11 Å². The molecule has 2 atom stereocenters. The number of carbonyl (C=O) groups is 1. The Morgan fingerprint density at radius 3 is 2.79 bits per heavy atom. The summed E-state index contributed by atoms with van der Waals surface area (Å²) in [4.78, 5) is 12.4. The molecular weight excluding hydrogens is 420 g/mol. The van der Waals surface area contributed by atoms with Crippen LogP contribution < -0.4 is 16.3 Å². The van der Waals surface area contributed by atoms with Crippen molar-refractivity contribution in [3.63, 3.8) is 0 Å². The van der Waals surface area contributed by atoms with Crippen LogP contribution in [-0.4, -0.2) is 23.3 Å². The van der Waals surface area contributed by atoms with Gasteiger partial charge >= 0.3 is 0 Å². The van der Waals surface area contributed by atoms with Crippen molar-refractivity contribution in [1.29, 1.82) is 0 Å². The summed E-state index contributed by atoms with van der Waals surface area (Å²) in [6.45, 7) is 0. The van der Waals surface area contributed by atoms with Crippen LogP contribution in [0, 0.1) is 0 Å². The molecule has 0 aliphatic carbocycles. The van der Waals surface area contributed by atoms with E-state index >= 15 is 0 Å². The Hall–Kier alpha value is -2.74. The van der Waals surface area contributed by atoms with E-state index in [0.717, 1.165) is 10.0 Å². The molecule has 0 spiro atoms. The summed E-state index contributed by atoms with van der Waals surface area (Å²) in [6.07, 6.45) is 2.03. The Kier molecular flexibility index (Phi) is 5.38. The van der Waals surface area contributed by atoms with Crippen LogP contribution in [0.4, 0.5) is 0 Å². The molecule has 0 bridgehead atoms. The van der Waals surface area contributed by atoms with Crippen LogP contribution >= 0.6 is 15.9 Å². The number of nitrogens with zero attached hydrogens (tertiary/aromatic N) is 1. The second-order valence-corrected chi connectivity index (χ2v) is 7.59. The van der Waals surface area contributed by atoms with E-state index < -0.39 is 6.04 Å². The zero-order valence-corrected chi connectivity index (χ0v) is 16.5. The van der Waals surface area contributed by atoms with Crippen molar-refractivity contribution in [1.82, 2.24) is 16.3 Å². The number of nitrogens with one attached hydrogen (secondary N) is 3. The van der Waals surface area contributed by atoms with Crippen molar-refractivity contribution in [2.45, 2.75) is 18.5 Å². The van der Waals surface area contributed by atoms with Gasteiger partial charge in [0.2, 0.25) is 0 Å². The van der Waals surface area contributed by atoms with Crippen molar-refractivity contribution >= 4 is 38.8 Å². The third-order valence-electron chi connectivity index (χ3n) is 4.76. The summed E-state index contributed by atoms with van der Waals surface area (Å²) in [5, 5.41) is 16.1. The van der Waals surface area contributed by atoms with Crippen molar-refractivity contribution < 1.29 is 9.90 Å². The molecule has 3 aromatic carbocycles. The van der Waals surface area contributed by atoms with Crippen LogP contribution in [0.3, 0.4) is 0 Å². The lowest BCUT2D eigenvalue weighted by atomic mass is 9.99. The fourth-order valence-corrected chi connectivity index (χ4v) is 3.62. The highest BCUT2D eigenvalue weighted by Crippen LogP contribution is 2.26. The number of amides is 1. The monoisotopic (exact) mass is 438 g/mol. The van der Waals surface area contributed by atoms with E-state index in [1.807, 2.05) is 12.1 Å². The first kappa shape index (κ1) is 18.6. The van der Waals surface area contributed by atoms with Gasteiger partial charge in [0.25, 0.3) is 5.91 Å². The van der Waals surface area contributed by atoms with Crippen LogP contribution in [0.25, 0.3) is 10.8 Å². The highest BCUT2D eigenvalue weighted by atomic mass is 79.9. The molecule has 6 nitrogen and oxygen atoms in total. The first-order valence-electron chi connectivity index (χ1n) is 8.91. The van der Waals surface area contributed by atoms with Gasteiger partial charge in [-0.25, -0.2) is 16.3 Å². The number of hydrazone groups is 1. The number of hydrogen-bond donors (Lipinski definition) is 4. The Morgan fingerprint density at radius 1 is 1.11 bits per heavy atom. The molecular formula is C21H19BrN4O2. The van der Waals surface area contributed by atoms with Crippen LogP contribution in [0.15, 0.2) is 70.2 Å². The van der Waals surface area contributed by atoms with Crippen LogP contribution in [0.1, 0.15) is 23.6 Å². The number of hydrogen-bond acceptors (Lipinski definition) is 5. The number of rotatable bonds is 4. The van der Waals surface area contributed by atoms with Crippen molar-refractivity contribution in [3.05, 3.63) is 76.3 Å². The number of halogens is 1. The second kappa shape index (κ2) is 8.10. The molecule has 1 aliphatic rings. The normalized spacial score (nSPS) is 19.3. The highest BCUT2D eigenvalue weighted by Gasteiger charge is 2.30. The van der Waals surface area contributed by atoms with Crippen molar-refractivity contribution in [3.8, 4) is 5.75 Å². The van der Waals surface area contributed by atoms with E-state index in [-0.39, 0.29) is 17.7 Å². The fraction of sp³-hybridized carbons (Fsp3) is 0.143. The number of carbonyl (C=O) groups excluding carboxylic acids is 1. The lowest BCUT2D eigenvalue weighted by Crippen LogP contribution is -2.41. The van der Waals surface area contributed by atoms with Gasteiger partial charge in [-0.3, -0.25) is 4.79 Å². The summed E-state index contributed by atoms with van der Waals surface area (Å²) < 4.78 is 0.818. The van der Waals surface area contributed by atoms with Gasteiger partial charge in [0.05, 0.1) is 6.21 Å². The van der Waals surface area contributed by atoms with Gasteiger partial charge in [0.1, 0.15) is 11.8 Å². The SMILES string of the molecule is O=C(N/N=C/c1cc(Br)ccc1O)C1CC(c2ccc3ccccc3c2)NN1. The Balaban J connectivity index is 1.38. The molecule has 1 fully saturated rings. The molecule has 7 heteroatoms. The first-order valence-corrected chi connectivity index (χ1v) is 9.70. The summed E-state index contributed by atoms with van der Waals surface area (Å²) >= 11 is 3.34. The molecule has 28 heavy (non-hydrogen) atoms. The number of aromatic hydroxyl groups is 1. The Morgan fingerprint density at radius 2 is 1.93 bits per heavy atom. The van der Waals surface area contributed by atoms with Gasteiger partial charge in [-0.2, -0.15) is 5.10 Å². The molecule has 1 saturated heterocycles. The average Bonchev–Trinajstić information content (AvgIpc) is 3.20. The molecule has 0 saturated carbocycles. The van der Waals surface area contributed by atoms with Gasteiger partial charge in [-0.1, -0.05) is 52.3 Å². The maximum Gasteiger partial charge on any atom is 0.258 e.